The van der Waals surface area contributed by atoms with E-state index in [0.29, 0.717) is 0 Å². The van der Waals surface area contributed by atoms with Crippen molar-refractivity contribution in [3.63, 3.8) is 0 Å². The van der Waals surface area contributed by atoms with Crippen LogP contribution in [0, 0.1) is 0 Å². The molecule has 10 aromatic carbocycles. The average molecular weight is 770 g/mol. The molecule has 59 heavy (non-hydrogen) atoms. The van der Waals surface area contributed by atoms with E-state index in [2.05, 4.69) is 217 Å². The maximum Gasteiger partial charge on any atom is 0.136 e. The predicted molar refractivity (Wildman–Crippen MR) is 253 cm³/mol. The SMILES string of the molecule is c1ccc(-c2ccc(-c3ccc(N(c4ccc5oc6cc7ccccc7cc6c5c4)c4ccc5ccccc5c4-c4cccc5c4sc4ccccc45)cc3)cc2)cc1. The van der Waals surface area contributed by atoms with Gasteiger partial charge in [-0.05, 0) is 98.4 Å². The second-order valence-electron chi connectivity index (χ2n) is 15.3. The van der Waals surface area contributed by atoms with Crippen molar-refractivity contribution in [2.24, 2.45) is 0 Å². The van der Waals surface area contributed by atoms with Crippen LogP contribution in [0.15, 0.2) is 217 Å². The maximum atomic E-state index is 6.52. The molecule has 0 N–H and O–H groups in total. The monoisotopic (exact) mass is 769 g/mol. The van der Waals surface area contributed by atoms with Gasteiger partial charge in [0, 0.05) is 53.4 Å². The molecule has 0 aliphatic carbocycles. The number of fused-ring (bicyclic) bond motifs is 8. The third-order valence-electron chi connectivity index (χ3n) is 11.9. The van der Waals surface area contributed by atoms with Crippen LogP contribution in [0.3, 0.4) is 0 Å². The molecule has 3 heteroatoms. The van der Waals surface area contributed by atoms with Crippen LogP contribution in [0.4, 0.5) is 17.1 Å². The Labute approximate surface area is 345 Å². The fourth-order valence-corrected chi connectivity index (χ4v) is 10.2. The van der Waals surface area contributed by atoms with Crippen molar-refractivity contribution >= 4 is 92.1 Å². The summed E-state index contributed by atoms with van der Waals surface area (Å²) in [5.74, 6) is 0. The fourth-order valence-electron chi connectivity index (χ4n) is 8.98. The molecule has 2 heterocycles. The Hall–Kier alpha value is -7.46. The second-order valence-corrected chi connectivity index (χ2v) is 16.3. The average Bonchev–Trinajstić information content (AvgIpc) is 3.86. The van der Waals surface area contributed by atoms with Gasteiger partial charge in [0.15, 0.2) is 0 Å². The third-order valence-corrected chi connectivity index (χ3v) is 13.1. The molecule has 0 aliphatic rings. The standard InChI is InChI=1S/C56H35NOS/c1-2-11-36(12-3-1)37-21-23-38(24-22-37)39-25-28-43(29-26-39)57(44-30-32-52-50(35-44)49-33-41-14-4-5-15-42(41)34-53(49)58-52)51-31-27-40-13-6-7-16-45(40)55(51)48-19-10-18-47-46-17-8-9-20-54(46)59-56(47)48/h1-35H. The highest BCUT2D eigenvalue weighted by atomic mass is 32.1. The minimum atomic E-state index is 0.877. The van der Waals surface area contributed by atoms with E-state index in [1.165, 1.54) is 75.1 Å². The number of hydrogen-bond donors (Lipinski definition) is 0. The first-order chi connectivity index (χ1) is 29.2. The highest BCUT2D eigenvalue weighted by Gasteiger charge is 2.23. The molecule has 0 saturated heterocycles. The van der Waals surface area contributed by atoms with E-state index >= 15 is 0 Å². The van der Waals surface area contributed by atoms with Crippen molar-refractivity contribution in [2.45, 2.75) is 0 Å². The Balaban J connectivity index is 1.08. The molecule has 0 saturated carbocycles. The van der Waals surface area contributed by atoms with Crippen LogP contribution in [0.2, 0.25) is 0 Å². The lowest BCUT2D eigenvalue weighted by atomic mass is 9.93. The van der Waals surface area contributed by atoms with Gasteiger partial charge in [-0.1, -0.05) is 158 Å². The van der Waals surface area contributed by atoms with Gasteiger partial charge in [-0.15, -0.1) is 11.3 Å². The first-order valence-electron chi connectivity index (χ1n) is 20.1. The van der Waals surface area contributed by atoms with E-state index < -0.39 is 0 Å². The van der Waals surface area contributed by atoms with Crippen molar-refractivity contribution in [3.05, 3.63) is 212 Å². The Kier molecular flexibility index (Phi) is 7.75. The van der Waals surface area contributed by atoms with Crippen molar-refractivity contribution in [3.8, 4) is 33.4 Å². The van der Waals surface area contributed by atoms with E-state index in [1.54, 1.807) is 0 Å². The Morgan fingerprint density at radius 2 is 0.949 bits per heavy atom. The van der Waals surface area contributed by atoms with E-state index in [4.69, 9.17) is 4.42 Å². The summed E-state index contributed by atoms with van der Waals surface area (Å²) in [6.07, 6.45) is 0. The first-order valence-corrected chi connectivity index (χ1v) is 20.9. The summed E-state index contributed by atoms with van der Waals surface area (Å²) in [7, 11) is 0. The van der Waals surface area contributed by atoms with E-state index in [0.717, 1.165) is 39.0 Å². The number of thiophene rings is 1. The number of anilines is 3. The molecule has 276 valence electrons. The Bertz CT molecular complexity index is 3540. The van der Waals surface area contributed by atoms with Gasteiger partial charge in [0.05, 0.1) is 5.69 Å². The minimum Gasteiger partial charge on any atom is -0.456 e. The Morgan fingerprint density at radius 1 is 0.356 bits per heavy atom. The first kappa shape index (κ1) is 33.7. The lowest BCUT2D eigenvalue weighted by Gasteiger charge is -2.29. The second kappa shape index (κ2) is 13.6. The molecular formula is C56H35NOS. The molecule has 0 radical (unpaired) electrons. The highest BCUT2D eigenvalue weighted by Crippen LogP contribution is 2.49. The van der Waals surface area contributed by atoms with Crippen LogP contribution >= 0.6 is 11.3 Å². The normalized spacial score (nSPS) is 11.7. The van der Waals surface area contributed by atoms with Gasteiger partial charge >= 0.3 is 0 Å². The van der Waals surface area contributed by atoms with Crippen molar-refractivity contribution in [1.29, 1.82) is 0 Å². The smallest absolute Gasteiger partial charge is 0.136 e. The van der Waals surface area contributed by atoms with E-state index in [-0.39, 0.29) is 0 Å². The van der Waals surface area contributed by atoms with E-state index in [9.17, 15) is 0 Å². The van der Waals surface area contributed by atoms with Crippen LogP contribution in [-0.2, 0) is 0 Å². The number of benzene rings is 10. The zero-order valence-electron chi connectivity index (χ0n) is 32.0. The summed E-state index contributed by atoms with van der Waals surface area (Å²) in [6, 6.07) is 77.0. The number of rotatable bonds is 6. The topological polar surface area (TPSA) is 16.4 Å². The summed E-state index contributed by atoms with van der Waals surface area (Å²) >= 11 is 1.88. The van der Waals surface area contributed by atoms with E-state index in [1.807, 2.05) is 11.3 Å². The van der Waals surface area contributed by atoms with Gasteiger partial charge in [0.1, 0.15) is 11.2 Å². The van der Waals surface area contributed by atoms with Crippen LogP contribution in [0.1, 0.15) is 0 Å². The zero-order chi connectivity index (χ0) is 38.9. The molecule has 0 fully saturated rings. The van der Waals surface area contributed by atoms with Gasteiger partial charge in [-0.2, -0.15) is 0 Å². The molecule has 0 spiro atoms. The number of hydrogen-bond acceptors (Lipinski definition) is 3. The summed E-state index contributed by atoms with van der Waals surface area (Å²) < 4.78 is 9.11. The van der Waals surface area contributed by atoms with Crippen molar-refractivity contribution in [2.75, 3.05) is 4.90 Å². The molecule has 12 aromatic rings. The lowest BCUT2D eigenvalue weighted by molar-refractivity contribution is 0.669. The number of furan rings is 1. The summed E-state index contributed by atoms with van der Waals surface area (Å²) in [6.45, 7) is 0. The fraction of sp³-hybridized carbons (Fsp3) is 0. The molecule has 0 aliphatic heterocycles. The van der Waals surface area contributed by atoms with Crippen molar-refractivity contribution in [1.82, 2.24) is 0 Å². The Morgan fingerprint density at radius 3 is 1.73 bits per heavy atom. The summed E-state index contributed by atoms with van der Waals surface area (Å²) in [4.78, 5) is 2.44. The molecule has 0 bridgehead atoms. The quantitative estimate of drug-likeness (QED) is 0.167. The molecule has 12 rings (SSSR count). The van der Waals surface area contributed by atoms with Crippen LogP contribution in [0.5, 0.6) is 0 Å². The summed E-state index contributed by atoms with van der Waals surface area (Å²) in [5.41, 5.74) is 12.3. The predicted octanol–water partition coefficient (Wildman–Crippen LogP) is 16.7. The molecule has 0 atom stereocenters. The van der Waals surface area contributed by atoms with Crippen LogP contribution < -0.4 is 4.90 Å². The molecule has 2 aromatic heterocycles. The maximum absolute atomic E-state index is 6.52. The van der Waals surface area contributed by atoms with Gasteiger partial charge in [-0.3, -0.25) is 0 Å². The molecule has 0 unspecified atom stereocenters. The lowest BCUT2D eigenvalue weighted by Crippen LogP contribution is -2.11. The highest BCUT2D eigenvalue weighted by molar-refractivity contribution is 7.26. The largest absolute Gasteiger partial charge is 0.456 e. The molecule has 2 nitrogen and oxygen atoms in total. The van der Waals surface area contributed by atoms with Gasteiger partial charge in [0.25, 0.3) is 0 Å². The van der Waals surface area contributed by atoms with Gasteiger partial charge in [-0.25, -0.2) is 0 Å². The minimum absolute atomic E-state index is 0.877. The number of nitrogens with zero attached hydrogens (tertiary/aromatic N) is 1. The van der Waals surface area contributed by atoms with Crippen molar-refractivity contribution < 1.29 is 4.42 Å². The van der Waals surface area contributed by atoms with Gasteiger partial charge in [0.2, 0.25) is 0 Å². The van der Waals surface area contributed by atoms with Gasteiger partial charge < -0.3 is 9.32 Å². The van der Waals surface area contributed by atoms with Crippen LogP contribution in [0.25, 0.3) is 97.0 Å². The molecular weight excluding hydrogens is 735 g/mol. The third kappa shape index (κ3) is 5.62. The van der Waals surface area contributed by atoms with Crippen LogP contribution in [-0.4, -0.2) is 0 Å². The summed E-state index contributed by atoms with van der Waals surface area (Å²) in [5, 5.41) is 9.59. The molecule has 0 amide bonds. The zero-order valence-corrected chi connectivity index (χ0v) is 32.8.